The minimum atomic E-state index is -3.69. The van der Waals surface area contributed by atoms with Gasteiger partial charge in [0.2, 0.25) is 10.0 Å². The lowest BCUT2D eigenvalue weighted by atomic mass is 10.2. The summed E-state index contributed by atoms with van der Waals surface area (Å²) in [6, 6.07) is 4.71. The molecule has 2 heterocycles. The first-order chi connectivity index (χ1) is 12.5. The van der Waals surface area contributed by atoms with Crippen LogP contribution >= 0.6 is 11.8 Å². The van der Waals surface area contributed by atoms with Crippen LogP contribution in [0.25, 0.3) is 0 Å². The Morgan fingerprint density at radius 1 is 1.31 bits per heavy atom. The van der Waals surface area contributed by atoms with E-state index in [1.165, 1.54) is 17.8 Å². The molecule has 1 aromatic rings. The summed E-state index contributed by atoms with van der Waals surface area (Å²) in [5.41, 5.74) is 0.416. The molecule has 1 atom stereocenters. The van der Waals surface area contributed by atoms with E-state index in [-0.39, 0.29) is 23.5 Å². The second kappa shape index (κ2) is 8.71. The maximum atomic E-state index is 12.8. The fourth-order valence-corrected chi connectivity index (χ4v) is 4.71. The minimum Gasteiger partial charge on any atom is -0.378 e. The van der Waals surface area contributed by atoms with Gasteiger partial charge in [-0.1, -0.05) is 0 Å². The Balaban J connectivity index is 1.80. The number of carbonyl (C=O) groups excluding carboxylic acids is 1. The molecule has 0 spiro atoms. The Hall–Kier alpha value is -1.13. The molecular weight excluding hydrogens is 376 g/mol. The van der Waals surface area contributed by atoms with E-state index in [1.54, 1.807) is 17.0 Å². The Labute approximate surface area is 158 Å². The quantitative estimate of drug-likeness (QED) is 0.726. The van der Waals surface area contributed by atoms with Crippen molar-refractivity contribution in [2.45, 2.75) is 28.7 Å². The van der Waals surface area contributed by atoms with E-state index < -0.39 is 10.0 Å². The van der Waals surface area contributed by atoms with Gasteiger partial charge in [-0.3, -0.25) is 4.79 Å². The van der Waals surface area contributed by atoms with E-state index in [2.05, 4.69) is 4.72 Å². The number of morpholine rings is 1. The van der Waals surface area contributed by atoms with Crippen LogP contribution in [0.2, 0.25) is 0 Å². The Kier molecular flexibility index (Phi) is 6.57. The summed E-state index contributed by atoms with van der Waals surface area (Å²) in [5.74, 6) is -0.158. The summed E-state index contributed by atoms with van der Waals surface area (Å²) >= 11 is 1.43. The van der Waals surface area contributed by atoms with Crippen LogP contribution < -0.4 is 4.72 Å². The molecule has 3 rings (SSSR count). The number of ether oxygens (including phenoxy) is 2. The number of hydrogen-bond donors (Lipinski definition) is 1. The molecule has 0 aromatic heterocycles. The van der Waals surface area contributed by atoms with E-state index in [9.17, 15) is 13.2 Å². The van der Waals surface area contributed by atoms with Gasteiger partial charge in [0.25, 0.3) is 5.91 Å². The molecule has 7 nitrogen and oxygen atoms in total. The monoisotopic (exact) mass is 400 g/mol. The lowest BCUT2D eigenvalue weighted by Gasteiger charge is -2.27. The van der Waals surface area contributed by atoms with Crippen molar-refractivity contribution in [2.75, 3.05) is 45.7 Å². The maximum absolute atomic E-state index is 12.8. The molecule has 0 aliphatic carbocycles. The van der Waals surface area contributed by atoms with Crippen LogP contribution in [0.15, 0.2) is 28.0 Å². The molecule has 0 saturated carbocycles. The number of nitrogens with one attached hydrogen (secondary N) is 1. The third kappa shape index (κ3) is 4.58. The predicted octanol–water partition coefficient (Wildman–Crippen LogP) is 1.34. The number of rotatable bonds is 6. The number of amides is 1. The Bertz CT molecular complexity index is 742. The lowest BCUT2D eigenvalue weighted by molar-refractivity contribution is 0.0300. The van der Waals surface area contributed by atoms with Crippen LogP contribution in [-0.4, -0.2) is 71.0 Å². The van der Waals surface area contributed by atoms with Crippen molar-refractivity contribution in [2.24, 2.45) is 0 Å². The highest BCUT2D eigenvalue weighted by Crippen LogP contribution is 2.25. The number of thioether (sulfide) groups is 1. The van der Waals surface area contributed by atoms with Gasteiger partial charge in [-0.15, -0.1) is 11.8 Å². The molecular formula is C17H24N2O5S2. The van der Waals surface area contributed by atoms with Crippen molar-refractivity contribution in [3.05, 3.63) is 23.8 Å². The fraction of sp³-hybridized carbons (Fsp3) is 0.588. The highest BCUT2D eigenvalue weighted by Gasteiger charge is 2.25. The zero-order valence-corrected chi connectivity index (χ0v) is 16.4. The average Bonchev–Trinajstić information content (AvgIpc) is 3.20. The van der Waals surface area contributed by atoms with Crippen molar-refractivity contribution in [3.8, 4) is 0 Å². The van der Waals surface area contributed by atoms with Crippen molar-refractivity contribution >= 4 is 27.7 Å². The normalized spacial score (nSPS) is 21.1. The number of benzene rings is 1. The summed E-state index contributed by atoms with van der Waals surface area (Å²) in [6.45, 7) is 2.96. The SMILES string of the molecule is CSc1ccc(S(=O)(=O)NC[C@H]2CCCO2)cc1C(=O)N1CCOCC1. The Morgan fingerprint density at radius 2 is 2.08 bits per heavy atom. The van der Waals surface area contributed by atoms with Crippen LogP contribution in [0.1, 0.15) is 23.2 Å². The third-order valence-corrected chi connectivity index (χ3v) is 6.75. The highest BCUT2D eigenvalue weighted by molar-refractivity contribution is 7.98. The van der Waals surface area contributed by atoms with Gasteiger partial charge in [-0.05, 0) is 37.3 Å². The molecule has 1 aromatic carbocycles. The van der Waals surface area contributed by atoms with Crippen molar-refractivity contribution < 1.29 is 22.7 Å². The van der Waals surface area contributed by atoms with Gasteiger partial charge in [0.1, 0.15) is 0 Å². The standard InChI is InChI=1S/C17H24N2O5S2/c1-25-16-5-4-14(26(21,22)18-12-13-3-2-8-24-13)11-15(16)17(20)19-6-9-23-10-7-19/h4-5,11,13,18H,2-3,6-10,12H2,1H3/t13-/m1/s1. The van der Waals surface area contributed by atoms with Crippen LogP contribution in [0.3, 0.4) is 0 Å². The molecule has 0 unspecified atom stereocenters. The number of carbonyl (C=O) groups is 1. The molecule has 9 heteroatoms. The van der Waals surface area contributed by atoms with Gasteiger partial charge >= 0.3 is 0 Å². The molecule has 0 radical (unpaired) electrons. The average molecular weight is 401 g/mol. The second-order valence-electron chi connectivity index (χ2n) is 6.25. The fourth-order valence-electron chi connectivity index (χ4n) is 3.05. The van der Waals surface area contributed by atoms with Crippen molar-refractivity contribution in [1.82, 2.24) is 9.62 Å². The molecule has 26 heavy (non-hydrogen) atoms. The van der Waals surface area contributed by atoms with E-state index in [1.807, 2.05) is 6.26 Å². The van der Waals surface area contributed by atoms with Crippen LogP contribution in [-0.2, 0) is 19.5 Å². The number of nitrogens with zero attached hydrogens (tertiary/aromatic N) is 1. The maximum Gasteiger partial charge on any atom is 0.255 e. The first-order valence-corrected chi connectivity index (χ1v) is 11.4. The van der Waals surface area contributed by atoms with Crippen LogP contribution in [0.4, 0.5) is 0 Å². The van der Waals surface area contributed by atoms with E-state index >= 15 is 0 Å². The molecule has 0 bridgehead atoms. The summed E-state index contributed by atoms with van der Waals surface area (Å²) in [5, 5.41) is 0. The predicted molar refractivity (Wildman–Crippen MR) is 99.1 cm³/mol. The third-order valence-electron chi connectivity index (χ3n) is 4.53. The highest BCUT2D eigenvalue weighted by atomic mass is 32.2. The lowest BCUT2D eigenvalue weighted by Crippen LogP contribution is -2.41. The van der Waals surface area contributed by atoms with Gasteiger partial charge in [-0.2, -0.15) is 0 Å². The summed E-state index contributed by atoms with van der Waals surface area (Å²) in [7, 11) is -3.69. The minimum absolute atomic E-state index is 0.0790. The molecule has 1 N–H and O–H groups in total. The zero-order valence-electron chi connectivity index (χ0n) is 14.8. The molecule has 2 aliphatic heterocycles. The molecule has 2 saturated heterocycles. The van der Waals surface area contributed by atoms with Crippen molar-refractivity contribution in [1.29, 1.82) is 0 Å². The van der Waals surface area contributed by atoms with Crippen molar-refractivity contribution in [3.63, 3.8) is 0 Å². The number of sulfonamides is 1. The molecule has 2 fully saturated rings. The molecule has 2 aliphatic rings. The van der Waals surface area contributed by atoms with Crippen LogP contribution in [0.5, 0.6) is 0 Å². The molecule has 144 valence electrons. The second-order valence-corrected chi connectivity index (χ2v) is 8.87. The van der Waals surface area contributed by atoms with Gasteiger partial charge in [-0.25, -0.2) is 13.1 Å². The van der Waals surface area contributed by atoms with Gasteiger partial charge in [0.05, 0.1) is 29.8 Å². The smallest absolute Gasteiger partial charge is 0.255 e. The summed E-state index contributed by atoms with van der Waals surface area (Å²) in [4.78, 5) is 15.4. The summed E-state index contributed by atoms with van der Waals surface area (Å²) < 4.78 is 38.6. The topological polar surface area (TPSA) is 84.9 Å². The largest absolute Gasteiger partial charge is 0.378 e. The summed E-state index contributed by atoms with van der Waals surface area (Å²) in [6.07, 6.45) is 3.60. The zero-order chi connectivity index (χ0) is 18.6. The number of hydrogen-bond acceptors (Lipinski definition) is 6. The molecule has 1 amide bonds. The van der Waals surface area contributed by atoms with Gasteiger partial charge in [0.15, 0.2) is 0 Å². The Morgan fingerprint density at radius 3 is 2.73 bits per heavy atom. The van der Waals surface area contributed by atoms with Gasteiger partial charge in [0, 0.05) is 31.1 Å². The van der Waals surface area contributed by atoms with E-state index in [4.69, 9.17) is 9.47 Å². The first-order valence-electron chi connectivity index (χ1n) is 8.67. The van der Waals surface area contributed by atoms with E-state index in [0.29, 0.717) is 38.5 Å². The van der Waals surface area contributed by atoms with Gasteiger partial charge < -0.3 is 14.4 Å². The first kappa shape index (κ1) is 19.6. The van der Waals surface area contributed by atoms with Crippen LogP contribution in [0, 0.1) is 0 Å². The van der Waals surface area contributed by atoms with E-state index in [0.717, 1.165) is 17.7 Å².